The average molecular weight is 320 g/mol. The number of anilines is 1. The highest BCUT2D eigenvalue weighted by Gasteiger charge is 2.26. The lowest BCUT2D eigenvalue weighted by Gasteiger charge is -2.25. The zero-order valence-electron chi connectivity index (χ0n) is 13.8. The number of ether oxygens (including phenoxy) is 2. The topological polar surface area (TPSA) is 76.7 Å². The third-order valence-corrected chi connectivity index (χ3v) is 3.73. The quantitative estimate of drug-likeness (QED) is 0.781. The van der Waals surface area contributed by atoms with E-state index in [4.69, 9.17) is 9.47 Å². The Morgan fingerprint density at radius 2 is 2.17 bits per heavy atom. The van der Waals surface area contributed by atoms with Crippen molar-refractivity contribution in [1.29, 1.82) is 0 Å². The van der Waals surface area contributed by atoms with Crippen LogP contribution in [0.3, 0.4) is 0 Å². The molecule has 1 atom stereocenters. The lowest BCUT2D eigenvalue weighted by atomic mass is 9.95. The zero-order chi connectivity index (χ0) is 16.8. The number of benzene rings is 1. The van der Waals surface area contributed by atoms with E-state index in [1.54, 1.807) is 7.11 Å². The van der Waals surface area contributed by atoms with Gasteiger partial charge in [0, 0.05) is 25.3 Å². The second-order valence-corrected chi connectivity index (χ2v) is 5.96. The number of carbonyl (C=O) groups excluding carboxylic acids is 2. The van der Waals surface area contributed by atoms with Gasteiger partial charge in [-0.15, -0.1) is 0 Å². The monoisotopic (exact) mass is 320 g/mol. The molecule has 1 aromatic rings. The zero-order valence-corrected chi connectivity index (χ0v) is 13.8. The Hall–Kier alpha value is -2.08. The van der Waals surface area contributed by atoms with Crippen LogP contribution in [0.1, 0.15) is 19.4 Å². The van der Waals surface area contributed by atoms with Crippen LogP contribution in [0.5, 0.6) is 5.75 Å². The summed E-state index contributed by atoms with van der Waals surface area (Å²) >= 11 is 0. The molecule has 126 valence electrons. The number of methoxy groups -OCH3 is 1. The summed E-state index contributed by atoms with van der Waals surface area (Å²) in [6.45, 7) is 5.03. The van der Waals surface area contributed by atoms with Crippen molar-refractivity contribution in [3.05, 3.63) is 23.8 Å². The van der Waals surface area contributed by atoms with Gasteiger partial charge < -0.3 is 20.1 Å². The highest BCUT2D eigenvalue weighted by Crippen LogP contribution is 2.30. The first-order valence-electron chi connectivity index (χ1n) is 7.84. The van der Waals surface area contributed by atoms with Crippen LogP contribution in [0.25, 0.3) is 0 Å². The Kier molecular flexibility index (Phi) is 5.98. The smallest absolute Gasteiger partial charge is 0.226 e. The fourth-order valence-electron chi connectivity index (χ4n) is 2.35. The highest BCUT2D eigenvalue weighted by atomic mass is 16.5. The Morgan fingerprint density at radius 3 is 2.87 bits per heavy atom. The minimum Gasteiger partial charge on any atom is -0.492 e. The van der Waals surface area contributed by atoms with E-state index in [1.165, 1.54) is 0 Å². The number of rotatable bonds is 6. The summed E-state index contributed by atoms with van der Waals surface area (Å²) in [6, 6.07) is 5.53. The minimum absolute atomic E-state index is 0.0319. The summed E-state index contributed by atoms with van der Waals surface area (Å²) in [5, 5.41) is 5.70. The molecule has 1 aliphatic rings. The molecule has 1 aliphatic heterocycles. The molecule has 6 heteroatoms. The summed E-state index contributed by atoms with van der Waals surface area (Å²) in [4.78, 5) is 23.9. The number of hydrogen-bond donors (Lipinski definition) is 2. The fraction of sp³-hybridized carbons (Fsp3) is 0.529. The van der Waals surface area contributed by atoms with Gasteiger partial charge in [0.1, 0.15) is 12.4 Å². The molecule has 0 unspecified atom stereocenters. The first-order valence-corrected chi connectivity index (χ1v) is 7.84. The molecule has 1 aromatic carbocycles. The molecule has 0 fully saturated rings. The molecule has 2 amide bonds. The molecule has 0 aromatic heterocycles. The lowest BCUT2D eigenvalue weighted by Crippen LogP contribution is -2.38. The van der Waals surface area contributed by atoms with E-state index in [9.17, 15) is 9.59 Å². The normalized spacial score (nSPS) is 16.4. The second kappa shape index (κ2) is 7.97. The van der Waals surface area contributed by atoms with E-state index < -0.39 is 0 Å². The third-order valence-electron chi connectivity index (χ3n) is 3.73. The van der Waals surface area contributed by atoms with Crippen LogP contribution in [0.2, 0.25) is 0 Å². The molecular weight excluding hydrogens is 296 g/mol. The number of fused-ring (bicyclic) bond motifs is 1. The van der Waals surface area contributed by atoms with Crippen molar-refractivity contribution in [1.82, 2.24) is 5.32 Å². The standard InChI is InChI=1S/C17H24N2O4/c1-11(2)16(20)19-14-4-5-15-12(9-14)8-13(10-23-15)17(21)18-6-7-22-3/h4-5,9,11,13H,6-8,10H2,1-3H3,(H,18,21)(H,19,20)/t13-/m0/s1. The van der Waals surface area contributed by atoms with E-state index in [1.807, 2.05) is 32.0 Å². The number of carbonyl (C=O) groups is 2. The van der Waals surface area contributed by atoms with E-state index in [-0.39, 0.29) is 23.7 Å². The molecule has 6 nitrogen and oxygen atoms in total. The maximum absolute atomic E-state index is 12.1. The molecule has 0 saturated carbocycles. The van der Waals surface area contributed by atoms with Gasteiger partial charge in [0.15, 0.2) is 0 Å². The summed E-state index contributed by atoms with van der Waals surface area (Å²) in [6.07, 6.45) is 0.597. The Balaban J connectivity index is 2.01. The fourth-order valence-corrected chi connectivity index (χ4v) is 2.35. The predicted octanol–water partition coefficient (Wildman–Crippen LogP) is 1.59. The first-order chi connectivity index (χ1) is 11.0. The average Bonchev–Trinajstić information content (AvgIpc) is 2.54. The van der Waals surface area contributed by atoms with Crippen LogP contribution < -0.4 is 15.4 Å². The second-order valence-electron chi connectivity index (χ2n) is 5.96. The van der Waals surface area contributed by atoms with Crippen LogP contribution in [-0.2, 0) is 20.7 Å². The van der Waals surface area contributed by atoms with Crippen molar-refractivity contribution in [3.63, 3.8) is 0 Å². The molecule has 0 bridgehead atoms. The Morgan fingerprint density at radius 1 is 1.39 bits per heavy atom. The van der Waals surface area contributed by atoms with Crippen molar-refractivity contribution in [3.8, 4) is 5.75 Å². The molecule has 23 heavy (non-hydrogen) atoms. The maximum atomic E-state index is 12.1. The van der Waals surface area contributed by atoms with Crippen molar-refractivity contribution in [2.24, 2.45) is 11.8 Å². The van der Waals surface area contributed by atoms with Crippen molar-refractivity contribution in [2.75, 3.05) is 32.2 Å². The van der Waals surface area contributed by atoms with E-state index in [0.29, 0.717) is 26.2 Å². The van der Waals surface area contributed by atoms with Gasteiger partial charge in [0.05, 0.1) is 12.5 Å². The van der Waals surface area contributed by atoms with Crippen molar-refractivity contribution < 1.29 is 19.1 Å². The summed E-state index contributed by atoms with van der Waals surface area (Å²) in [5.74, 6) is 0.394. The summed E-state index contributed by atoms with van der Waals surface area (Å²) < 4.78 is 10.6. The molecule has 0 aliphatic carbocycles. The van der Waals surface area contributed by atoms with Crippen LogP contribution in [0.4, 0.5) is 5.69 Å². The largest absolute Gasteiger partial charge is 0.492 e. The Labute approximate surface area is 136 Å². The van der Waals surface area contributed by atoms with Gasteiger partial charge in [0.25, 0.3) is 0 Å². The van der Waals surface area contributed by atoms with Gasteiger partial charge >= 0.3 is 0 Å². The van der Waals surface area contributed by atoms with Gasteiger partial charge in [-0.1, -0.05) is 13.8 Å². The van der Waals surface area contributed by atoms with Crippen LogP contribution in [0.15, 0.2) is 18.2 Å². The predicted molar refractivity (Wildman–Crippen MR) is 87.5 cm³/mol. The van der Waals surface area contributed by atoms with Crippen LogP contribution >= 0.6 is 0 Å². The molecule has 2 rings (SSSR count). The molecule has 1 heterocycles. The van der Waals surface area contributed by atoms with Gasteiger partial charge in [-0.2, -0.15) is 0 Å². The number of nitrogens with one attached hydrogen (secondary N) is 2. The van der Waals surface area contributed by atoms with Crippen molar-refractivity contribution in [2.45, 2.75) is 20.3 Å². The molecule has 0 saturated heterocycles. The molecular formula is C17H24N2O4. The minimum atomic E-state index is -0.226. The summed E-state index contributed by atoms with van der Waals surface area (Å²) in [7, 11) is 1.60. The lowest BCUT2D eigenvalue weighted by molar-refractivity contribution is -0.126. The van der Waals surface area contributed by atoms with Crippen LogP contribution in [0, 0.1) is 11.8 Å². The van der Waals surface area contributed by atoms with E-state index in [2.05, 4.69) is 10.6 Å². The van der Waals surface area contributed by atoms with E-state index in [0.717, 1.165) is 17.0 Å². The SMILES string of the molecule is COCCNC(=O)[C@@H]1COc2ccc(NC(=O)C(C)C)cc2C1. The maximum Gasteiger partial charge on any atom is 0.226 e. The third kappa shape index (κ3) is 4.69. The highest BCUT2D eigenvalue weighted by molar-refractivity contribution is 5.92. The van der Waals surface area contributed by atoms with Gasteiger partial charge in [-0.05, 0) is 30.2 Å². The van der Waals surface area contributed by atoms with Crippen molar-refractivity contribution >= 4 is 17.5 Å². The molecule has 2 N–H and O–H groups in total. The van der Waals surface area contributed by atoms with Gasteiger partial charge in [-0.25, -0.2) is 0 Å². The Bertz CT molecular complexity index is 572. The number of amides is 2. The van der Waals surface area contributed by atoms with Gasteiger partial charge in [0.2, 0.25) is 11.8 Å². The van der Waals surface area contributed by atoms with Gasteiger partial charge in [-0.3, -0.25) is 9.59 Å². The molecule has 0 radical (unpaired) electrons. The van der Waals surface area contributed by atoms with Crippen LogP contribution in [-0.4, -0.2) is 38.7 Å². The van der Waals surface area contributed by atoms with E-state index >= 15 is 0 Å². The molecule has 0 spiro atoms. The number of hydrogen-bond acceptors (Lipinski definition) is 4. The summed E-state index contributed by atoms with van der Waals surface area (Å²) in [5.41, 5.74) is 1.66. The first kappa shape index (κ1) is 17.3.